The summed E-state index contributed by atoms with van der Waals surface area (Å²) in [7, 11) is 0.471. The fourth-order valence-corrected chi connectivity index (χ4v) is 4.04. The molecular weight excluding hydrogens is 420 g/mol. The average molecular weight is 442 g/mol. The number of rotatable bonds is 7. The molecule has 0 heterocycles. The number of ether oxygens (including phenoxy) is 3. The normalized spacial score (nSPS) is 11.5. The Bertz CT molecular complexity index is 1190. The van der Waals surface area contributed by atoms with Gasteiger partial charge in [0.25, 0.3) is 0 Å². The van der Waals surface area contributed by atoms with Gasteiger partial charge in [0, 0.05) is 23.1 Å². The van der Waals surface area contributed by atoms with Crippen molar-refractivity contribution in [3.05, 3.63) is 65.6 Å². The molecule has 0 aliphatic heterocycles. The van der Waals surface area contributed by atoms with E-state index in [4.69, 9.17) is 14.2 Å². The van der Waals surface area contributed by atoms with E-state index in [9.17, 15) is 18.6 Å². The Labute approximate surface area is 180 Å². The van der Waals surface area contributed by atoms with Crippen molar-refractivity contribution in [1.29, 1.82) is 0 Å². The molecule has 8 heteroatoms. The Morgan fingerprint density at radius 2 is 1.45 bits per heavy atom. The molecule has 0 bridgehead atoms. The largest absolute Gasteiger partial charge is 0.504 e. The monoisotopic (exact) mass is 442 g/mol. The predicted octanol–water partition coefficient (Wildman–Crippen LogP) is 4.24. The van der Waals surface area contributed by atoms with E-state index < -0.39 is 9.84 Å². The molecule has 0 atom stereocenters. The Balaban J connectivity index is 1.90. The molecule has 162 valence electrons. The number of phenolic OH excluding ortho intramolecular Hbond substituents is 2. The van der Waals surface area contributed by atoms with Crippen LogP contribution < -0.4 is 14.2 Å². The highest BCUT2D eigenvalue weighted by Gasteiger charge is 2.19. The maximum absolute atomic E-state index is 12.8. The first kappa shape index (κ1) is 22.0. The van der Waals surface area contributed by atoms with Crippen molar-refractivity contribution in [2.75, 3.05) is 21.3 Å². The van der Waals surface area contributed by atoms with Crippen LogP contribution in [0, 0.1) is 0 Å². The summed E-state index contributed by atoms with van der Waals surface area (Å²) < 4.78 is 41.3. The van der Waals surface area contributed by atoms with Gasteiger partial charge in [-0.15, -0.1) is 0 Å². The van der Waals surface area contributed by atoms with Gasteiger partial charge < -0.3 is 24.4 Å². The van der Waals surface area contributed by atoms with Crippen molar-refractivity contribution in [2.45, 2.75) is 4.90 Å². The van der Waals surface area contributed by atoms with Crippen molar-refractivity contribution in [1.82, 2.24) is 0 Å². The summed E-state index contributed by atoms with van der Waals surface area (Å²) in [6.07, 6.45) is 1.46. The van der Waals surface area contributed by atoms with Crippen LogP contribution in [0.15, 0.2) is 64.9 Å². The first-order valence-electron chi connectivity index (χ1n) is 9.15. The zero-order valence-corrected chi connectivity index (χ0v) is 18.0. The van der Waals surface area contributed by atoms with Crippen molar-refractivity contribution < 1.29 is 32.8 Å². The van der Waals surface area contributed by atoms with Crippen molar-refractivity contribution in [3.8, 4) is 39.9 Å². The van der Waals surface area contributed by atoms with Crippen LogP contribution in [0.5, 0.6) is 28.7 Å². The molecule has 0 aromatic heterocycles. The van der Waals surface area contributed by atoms with E-state index in [1.165, 1.54) is 45.6 Å². The highest BCUT2D eigenvalue weighted by Crippen LogP contribution is 2.40. The van der Waals surface area contributed by atoms with E-state index >= 15 is 0 Å². The second-order valence-corrected chi connectivity index (χ2v) is 8.34. The van der Waals surface area contributed by atoms with Gasteiger partial charge in [0.1, 0.15) is 0 Å². The van der Waals surface area contributed by atoms with Crippen LogP contribution in [0.3, 0.4) is 0 Å². The summed E-state index contributed by atoms with van der Waals surface area (Å²) in [5, 5.41) is 20.8. The molecule has 0 spiro atoms. The van der Waals surface area contributed by atoms with Gasteiger partial charge >= 0.3 is 0 Å². The lowest BCUT2D eigenvalue weighted by Crippen LogP contribution is -2.01. The van der Waals surface area contributed by atoms with E-state index in [-0.39, 0.29) is 27.9 Å². The highest BCUT2D eigenvalue weighted by molar-refractivity contribution is 7.94. The maximum atomic E-state index is 12.8. The van der Waals surface area contributed by atoms with E-state index in [1.807, 2.05) is 0 Å². The number of methoxy groups -OCH3 is 3. The third-order valence-electron chi connectivity index (χ3n) is 4.64. The Morgan fingerprint density at radius 3 is 2.00 bits per heavy atom. The molecule has 3 aromatic carbocycles. The third-order valence-corrected chi connectivity index (χ3v) is 6.03. The fraction of sp³-hybridized carbons (Fsp3) is 0.130. The van der Waals surface area contributed by atoms with Crippen LogP contribution in [0.1, 0.15) is 5.56 Å². The first-order valence-corrected chi connectivity index (χ1v) is 10.7. The van der Waals surface area contributed by atoms with Crippen LogP contribution >= 0.6 is 0 Å². The van der Waals surface area contributed by atoms with Gasteiger partial charge in [0.2, 0.25) is 5.75 Å². The SMILES string of the molecule is COc1cc(S(=O)(=O)/C=C/c2ccc(-c3cccc(O)c3O)cc2)cc(OC)c1OC. The van der Waals surface area contributed by atoms with Crippen LogP contribution in [0.2, 0.25) is 0 Å². The van der Waals surface area contributed by atoms with Crippen molar-refractivity contribution >= 4 is 15.9 Å². The summed E-state index contributed by atoms with van der Waals surface area (Å²) in [6.45, 7) is 0. The molecule has 0 amide bonds. The van der Waals surface area contributed by atoms with E-state index in [0.717, 1.165) is 5.41 Å². The molecule has 0 saturated carbocycles. The molecule has 0 saturated heterocycles. The molecular formula is C23H22O7S. The summed E-state index contributed by atoms with van der Waals surface area (Å²) in [5.41, 5.74) is 1.79. The quantitative estimate of drug-likeness (QED) is 0.528. The predicted molar refractivity (Wildman–Crippen MR) is 118 cm³/mol. The first-order chi connectivity index (χ1) is 14.8. The Hall–Kier alpha value is -3.65. The zero-order chi connectivity index (χ0) is 22.6. The lowest BCUT2D eigenvalue weighted by Gasteiger charge is -2.13. The van der Waals surface area contributed by atoms with Crippen molar-refractivity contribution in [3.63, 3.8) is 0 Å². The molecule has 7 nitrogen and oxygen atoms in total. The van der Waals surface area contributed by atoms with Gasteiger partial charge in [0.15, 0.2) is 32.8 Å². The Kier molecular flexibility index (Phi) is 6.41. The molecule has 0 radical (unpaired) electrons. The molecule has 0 fully saturated rings. The minimum absolute atomic E-state index is 0.000414. The lowest BCUT2D eigenvalue weighted by molar-refractivity contribution is 0.323. The number of sulfone groups is 1. The summed E-state index contributed by atoms with van der Waals surface area (Å²) >= 11 is 0. The number of para-hydroxylation sites is 1. The highest BCUT2D eigenvalue weighted by atomic mass is 32.2. The minimum atomic E-state index is -3.79. The van der Waals surface area contributed by atoms with Gasteiger partial charge in [-0.05, 0) is 23.3 Å². The molecule has 2 N–H and O–H groups in total. The van der Waals surface area contributed by atoms with E-state index in [1.54, 1.807) is 36.4 Å². The van der Waals surface area contributed by atoms with Gasteiger partial charge in [-0.2, -0.15) is 0 Å². The van der Waals surface area contributed by atoms with Crippen molar-refractivity contribution in [2.24, 2.45) is 0 Å². The number of benzene rings is 3. The number of aromatic hydroxyl groups is 2. The standard InChI is InChI=1S/C23H22O7S/c1-28-20-13-17(14-21(29-2)23(20)30-3)31(26,27)12-11-15-7-9-16(10-8-15)18-5-4-6-19(24)22(18)25/h4-14,24-25H,1-3H3/b12-11+. The minimum Gasteiger partial charge on any atom is -0.504 e. The third kappa shape index (κ3) is 4.59. The topological polar surface area (TPSA) is 102 Å². The summed E-state index contributed by atoms with van der Waals surface area (Å²) in [5.74, 6) is 0.362. The summed E-state index contributed by atoms with van der Waals surface area (Å²) in [6, 6.07) is 14.3. The van der Waals surface area contributed by atoms with Gasteiger partial charge in [-0.1, -0.05) is 36.4 Å². The van der Waals surface area contributed by atoms with Gasteiger partial charge in [0.05, 0.1) is 26.2 Å². The second kappa shape index (κ2) is 9.01. The number of phenols is 2. The van der Waals surface area contributed by atoms with Crippen LogP contribution in [-0.2, 0) is 9.84 Å². The second-order valence-electron chi connectivity index (χ2n) is 6.50. The van der Waals surface area contributed by atoms with E-state index in [2.05, 4.69) is 0 Å². The van der Waals surface area contributed by atoms with Gasteiger partial charge in [-0.3, -0.25) is 0 Å². The van der Waals surface area contributed by atoms with E-state index in [0.29, 0.717) is 22.4 Å². The number of hydrogen-bond acceptors (Lipinski definition) is 7. The zero-order valence-electron chi connectivity index (χ0n) is 17.2. The molecule has 3 rings (SSSR count). The average Bonchev–Trinajstić information content (AvgIpc) is 2.78. The Morgan fingerprint density at radius 1 is 0.839 bits per heavy atom. The molecule has 3 aromatic rings. The summed E-state index contributed by atoms with van der Waals surface area (Å²) in [4.78, 5) is -0.000414. The molecule has 0 aliphatic carbocycles. The lowest BCUT2D eigenvalue weighted by atomic mass is 10.0. The van der Waals surface area contributed by atoms with Crippen LogP contribution in [0.4, 0.5) is 0 Å². The van der Waals surface area contributed by atoms with Crippen LogP contribution in [0.25, 0.3) is 17.2 Å². The smallest absolute Gasteiger partial charge is 0.203 e. The van der Waals surface area contributed by atoms with Gasteiger partial charge in [-0.25, -0.2) is 8.42 Å². The molecule has 0 aliphatic rings. The fourth-order valence-electron chi connectivity index (χ4n) is 3.01. The number of hydrogen-bond donors (Lipinski definition) is 2. The van der Waals surface area contributed by atoms with Crippen LogP contribution in [-0.4, -0.2) is 40.0 Å². The maximum Gasteiger partial charge on any atom is 0.203 e. The molecule has 0 unspecified atom stereocenters. The molecule has 31 heavy (non-hydrogen) atoms.